The molecule has 0 spiro atoms. The van der Waals surface area contributed by atoms with Crippen molar-refractivity contribution in [2.45, 2.75) is 19.4 Å². The van der Waals surface area contributed by atoms with Crippen molar-refractivity contribution in [3.8, 4) is 0 Å². The Morgan fingerprint density at radius 3 is 2.22 bits per heavy atom. The fourth-order valence-electron chi connectivity index (χ4n) is 0.598. The monoisotopic (exact) mass is 241 g/mol. The summed E-state index contributed by atoms with van der Waals surface area (Å²) in [6, 6.07) is 0. The fraction of sp³-hybridized carbons (Fsp3) is 0.833. The smallest absolute Gasteiger partial charge is 0.324 e. The average Bonchev–Trinajstić information content (AvgIpc) is 1.86. The second-order valence-corrected chi connectivity index (χ2v) is 2.84. The molecule has 0 amide bonds. The number of halogens is 1. The van der Waals surface area contributed by atoms with Gasteiger partial charge in [0.15, 0.2) is 12.1 Å². The van der Waals surface area contributed by atoms with Crippen LogP contribution in [0, 0.1) is 0 Å². The minimum absolute atomic E-state index is 0. The van der Waals surface area contributed by atoms with Crippen LogP contribution in [0.15, 0.2) is 0 Å². The third-order valence-corrected chi connectivity index (χ3v) is 1.62. The minimum atomic E-state index is 0. The van der Waals surface area contributed by atoms with Gasteiger partial charge in [-0.3, -0.25) is 0 Å². The van der Waals surface area contributed by atoms with E-state index < -0.39 is 0 Å². The predicted molar refractivity (Wildman–Crippen MR) is 32.3 cm³/mol. The zero-order valence-electron chi connectivity index (χ0n) is 6.02. The number of hydrogen-bond acceptors (Lipinski definition) is 1. The summed E-state index contributed by atoms with van der Waals surface area (Å²) in [4.78, 5) is 0. The maximum atomic E-state index is 5.07. The highest BCUT2D eigenvalue weighted by atomic mass is 127. The Balaban J connectivity index is 0.000000640. The molecule has 54 valence electrons. The van der Waals surface area contributed by atoms with Crippen LogP contribution in [0.5, 0.6) is 0 Å². The summed E-state index contributed by atoms with van der Waals surface area (Å²) in [5.74, 6) is 0. The summed E-state index contributed by atoms with van der Waals surface area (Å²) in [6.45, 7) is 5.11. The molecule has 0 aromatic heterocycles. The van der Waals surface area contributed by atoms with E-state index in [0.717, 1.165) is 6.61 Å². The van der Waals surface area contributed by atoms with E-state index in [9.17, 15) is 0 Å². The second-order valence-electron chi connectivity index (χ2n) is 2.84. The summed E-state index contributed by atoms with van der Waals surface area (Å²) in [6.07, 6.45) is 1.76. The quantitative estimate of drug-likeness (QED) is 0.336. The predicted octanol–water partition coefficient (Wildman–Crippen LogP) is -2.53. The summed E-state index contributed by atoms with van der Waals surface area (Å²) in [7, 11) is 2.02. The lowest BCUT2D eigenvalue weighted by Gasteiger charge is -2.08. The van der Waals surface area contributed by atoms with Crippen molar-refractivity contribution < 1.29 is 33.3 Å². The molecule has 0 aromatic rings. The molecular formula is C6H12INO. The molecule has 1 aliphatic rings. The van der Waals surface area contributed by atoms with Crippen molar-refractivity contribution in [2.24, 2.45) is 0 Å². The van der Waals surface area contributed by atoms with Gasteiger partial charge in [-0.15, -0.1) is 0 Å². The van der Waals surface area contributed by atoms with Gasteiger partial charge in [0.1, 0.15) is 7.05 Å². The van der Waals surface area contributed by atoms with Crippen LogP contribution < -0.4 is 24.0 Å². The number of hydrogen-bond donors (Lipinski definition) is 0. The van der Waals surface area contributed by atoms with E-state index in [1.54, 1.807) is 6.40 Å². The van der Waals surface area contributed by atoms with E-state index in [0.29, 0.717) is 0 Å². The fourth-order valence-corrected chi connectivity index (χ4v) is 0.598. The third kappa shape index (κ3) is 1.81. The summed E-state index contributed by atoms with van der Waals surface area (Å²) < 4.78 is 7.15. The van der Waals surface area contributed by atoms with Gasteiger partial charge in [0, 0.05) is 13.8 Å². The Morgan fingerprint density at radius 2 is 2.11 bits per heavy atom. The van der Waals surface area contributed by atoms with Crippen molar-refractivity contribution in [3.05, 3.63) is 0 Å². The highest BCUT2D eigenvalue weighted by molar-refractivity contribution is 5.41. The first-order valence-corrected chi connectivity index (χ1v) is 2.81. The zero-order valence-corrected chi connectivity index (χ0v) is 8.18. The number of ether oxygens (including phenoxy) is 1. The standard InChI is InChI=1S/C6H12NO.HI/c1-6(2)4-8-5-7(6)3;/h5H,4H2,1-3H3;1H/q+1;/p-1. The minimum Gasteiger partial charge on any atom is -1.00 e. The van der Waals surface area contributed by atoms with Gasteiger partial charge in [-0.25, -0.2) is 0 Å². The number of likely N-dealkylation sites (N-methyl/N-ethyl adjacent to an activating group) is 1. The van der Waals surface area contributed by atoms with Gasteiger partial charge in [0.05, 0.1) is 0 Å². The zero-order chi connectivity index (χ0) is 6.20. The van der Waals surface area contributed by atoms with Crippen molar-refractivity contribution >= 4 is 6.40 Å². The second kappa shape index (κ2) is 2.86. The lowest BCUT2D eigenvalue weighted by molar-refractivity contribution is -0.559. The van der Waals surface area contributed by atoms with Crippen molar-refractivity contribution in [3.63, 3.8) is 0 Å². The SMILES string of the molecule is C[N+]1=COCC1(C)C.[I-]. The van der Waals surface area contributed by atoms with Crippen molar-refractivity contribution in [1.82, 2.24) is 0 Å². The van der Waals surface area contributed by atoms with Gasteiger partial charge in [-0.1, -0.05) is 0 Å². The van der Waals surface area contributed by atoms with Crippen LogP contribution >= 0.6 is 0 Å². The van der Waals surface area contributed by atoms with Gasteiger partial charge >= 0.3 is 6.40 Å². The molecule has 0 radical (unpaired) electrons. The topological polar surface area (TPSA) is 12.2 Å². The van der Waals surface area contributed by atoms with Crippen molar-refractivity contribution in [2.75, 3.05) is 13.7 Å². The molecule has 0 atom stereocenters. The normalized spacial score (nSPS) is 21.9. The molecule has 0 unspecified atom stereocenters. The van der Waals surface area contributed by atoms with Gasteiger partial charge < -0.3 is 28.7 Å². The first-order valence-electron chi connectivity index (χ1n) is 2.81. The summed E-state index contributed by atoms with van der Waals surface area (Å²) >= 11 is 0. The van der Waals surface area contributed by atoms with Gasteiger partial charge in [0.25, 0.3) is 0 Å². The van der Waals surface area contributed by atoms with E-state index in [4.69, 9.17) is 4.74 Å². The molecule has 3 heteroatoms. The third-order valence-electron chi connectivity index (χ3n) is 1.62. The first kappa shape index (κ1) is 9.20. The molecule has 0 saturated heterocycles. The molecule has 0 aliphatic carbocycles. The molecular weight excluding hydrogens is 229 g/mol. The highest BCUT2D eigenvalue weighted by Gasteiger charge is 2.32. The molecule has 0 bridgehead atoms. The molecule has 1 heterocycles. The van der Waals surface area contributed by atoms with E-state index in [1.165, 1.54) is 0 Å². The number of nitrogens with zero attached hydrogens (tertiary/aromatic N) is 1. The lowest BCUT2D eigenvalue weighted by Crippen LogP contribution is -3.00. The summed E-state index contributed by atoms with van der Waals surface area (Å²) in [5, 5.41) is 0. The Morgan fingerprint density at radius 1 is 1.56 bits per heavy atom. The van der Waals surface area contributed by atoms with Gasteiger partial charge in [-0.2, -0.15) is 4.58 Å². The van der Waals surface area contributed by atoms with Crippen molar-refractivity contribution in [1.29, 1.82) is 0 Å². The lowest BCUT2D eigenvalue weighted by atomic mass is 10.1. The first-order chi connectivity index (χ1) is 3.63. The number of rotatable bonds is 0. The maximum absolute atomic E-state index is 5.07. The van der Waals surface area contributed by atoms with Crippen LogP contribution in [-0.2, 0) is 4.74 Å². The Labute approximate surface area is 72.9 Å². The van der Waals surface area contributed by atoms with Gasteiger partial charge in [-0.05, 0) is 0 Å². The van der Waals surface area contributed by atoms with E-state index in [1.807, 2.05) is 7.05 Å². The molecule has 0 N–H and O–H groups in total. The van der Waals surface area contributed by atoms with Crippen LogP contribution in [-0.4, -0.2) is 30.2 Å². The van der Waals surface area contributed by atoms with Crippen LogP contribution in [0.4, 0.5) is 0 Å². The van der Waals surface area contributed by atoms with Crippen LogP contribution in [0.1, 0.15) is 13.8 Å². The van der Waals surface area contributed by atoms with Crippen LogP contribution in [0.3, 0.4) is 0 Å². The molecule has 2 nitrogen and oxygen atoms in total. The molecule has 9 heavy (non-hydrogen) atoms. The average molecular weight is 241 g/mol. The molecule has 1 aliphatic heterocycles. The van der Waals surface area contributed by atoms with Crippen LogP contribution in [0.25, 0.3) is 0 Å². The largest absolute Gasteiger partial charge is 1.00 e. The maximum Gasteiger partial charge on any atom is 0.324 e. The molecule has 0 fully saturated rings. The van der Waals surface area contributed by atoms with E-state index >= 15 is 0 Å². The highest BCUT2D eigenvalue weighted by Crippen LogP contribution is 2.10. The molecule has 0 aromatic carbocycles. The Hall–Kier alpha value is 0.200. The van der Waals surface area contributed by atoms with Crippen LogP contribution in [0.2, 0.25) is 0 Å². The Bertz CT molecular complexity index is 131. The van der Waals surface area contributed by atoms with Gasteiger partial charge in [0.2, 0.25) is 0 Å². The molecule has 1 rings (SSSR count). The Kier molecular flexibility index (Phi) is 2.92. The molecule has 0 saturated carbocycles. The van der Waals surface area contributed by atoms with E-state index in [-0.39, 0.29) is 29.5 Å². The summed E-state index contributed by atoms with van der Waals surface area (Å²) in [5.41, 5.74) is 0.208. The van der Waals surface area contributed by atoms with E-state index in [2.05, 4.69) is 18.4 Å².